The lowest BCUT2D eigenvalue weighted by Crippen LogP contribution is -2.34. The molecule has 1 aromatic heterocycles. The fourth-order valence-corrected chi connectivity index (χ4v) is 2.91. The minimum Gasteiger partial charge on any atom is -0.444 e. The average Bonchev–Trinajstić information content (AvgIpc) is 2.46. The van der Waals surface area contributed by atoms with Crippen molar-refractivity contribution in [3.05, 3.63) is 23.9 Å². The SMILES string of the molecule is CCN1CCCC[C@H]1c1cccnc1NC(=O)OC(C)(C)C. The standard InChI is InChI=1S/C17H27N3O2/c1-5-20-12-7-6-10-14(20)13-9-8-11-18-15(13)19-16(21)22-17(2,3)4/h8-9,11,14H,5-7,10,12H2,1-4H3,(H,18,19,21)/t14-/m0/s1. The predicted octanol–water partition coefficient (Wildman–Crippen LogP) is 3.98. The van der Waals surface area contributed by atoms with Gasteiger partial charge in [0.05, 0.1) is 0 Å². The quantitative estimate of drug-likeness (QED) is 0.918. The number of hydrogen-bond donors (Lipinski definition) is 1. The van der Waals surface area contributed by atoms with Gasteiger partial charge in [0.1, 0.15) is 11.4 Å². The maximum absolute atomic E-state index is 12.0. The number of anilines is 1. The molecule has 1 N–H and O–H groups in total. The van der Waals surface area contributed by atoms with Crippen molar-refractivity contribution in [2.75, 3.05) is 18.4 Å². The molecule has 1 aliphatic rings. The molecule has 1 fully saturated rings. The summed E-state index contributed by atoms with van der Waals surface area (Å²) in [7, 11) is 0. The number of aromatic nitrogens is 1. The number of piperidine rings is 1. The molecule has 5 nitrogen and oxygen atoms in total. The third-order valence-electron chi connectivity index (χ3n) is 3.84. The maximum Gasteiger partial charge on any atom is 0.413 e. The number of rotatable bonds is 3. The summed E-state index contributed by atoms with van der Waals surface area (Å²) >= 11 is 0. The van der Waals surface area contributed by atoms with Crippen molar-refractivity contribution in [1.29, 1.82) is 0 Å². The molecule has 1 amide bonds. The number of carbonyl (C=O) groups is 1. The van der Waals surface area contributed by atoms with E-state index in [1.165, 1.54) is 12.8 Å². The topological polar surface area (TPSA) is 54.5 Å². The van der Waals surface area contributed by atoms with Gasteiger partial charge in [0.15, 0.2) is 0 Å². The van der Waals surface area contributed by atoms with Gasteiger partial charge in [-0.25, -0.2) is 9.78 Å². The van der Waals surface area contributed by atoms with E-state index in [0.29, 0.717) is 11.9 Å². The number of hydrogen-bond acceptors (Lipinski definition) is 4. The second-order valence-corrected chi connectivity index (χ2v) is 6.71. The zero-order valence-corrected chi connectivity index (χ0v) is 14.1. The summed E-state index contributed by atoms with van der Waals surface area (Å²) in [6.07, 6.45) is 4.80. The number of nitrogens with zero attached hydrogens (tertiary/aromatic N) is 2. The minimum atomic E-state index is -0.515. The van der Waals surface area contributed by atoms with Gasteiger partial charge in [-0.05, 0) is 52.8 Å². The largest absolute Gasteiger partial charge is 0.444 e. The summed E-state index contributed by atoms with van der Waals surface area (Å²) in [4.78, 5) is 18.8. The van der Waals surface area contributed by atoms with Crippen molar-refractivity contribution in [1.82, 2.24) is 9.88 Å². The lowest BCUT2D eigenvalue weighted by Gasteiger charge is -2.35. The highest BCUT2D eigenvalue weighted by atomic mass is 16.6. The van der Waals surface area contributed by atoms with Crippen LogP contribution in [0, 0.1) is 0 Å². The molecule has 0 radical (unpaired) electrons. The van der Waals surface area contributed by atoms with Crippen LogP contribution < -0.4 is 5.32 Å². The molecule has 2 heterocycles. The molecular formula is C17H27N3O2. The molecule has 1 aliphatic heterocycles. The van der Waals surface area contributed by atoms with Crippen molar-refractivity contribution < 1.29 is 9.53 Å². The van der Waals surface area contributed by atoms with E-state index >= 15 is 0 Å². The molecular weight excluding hydrogens is 278 g/mol. The Labute approximate surface area is 133 Å². The zero-order valence-electron chi connectivity index (χ0n) is 14.1. The Morgan fingerprint density at radius 1 is 1.45 bits per heavy atom. The number of ether oxygens (including phenoxy) is 1. The molecule has 5 heteroatoms. The number of nitrogens with one attached hydrogen (secondary N) is 1. The summed E-state index contributed by atoms with van der Waals surface area (Å²) in [6, 6.07) is 4.30. The average molecular weight is 305 g/mol. The first-order valence-electron chi connectivity index (χ1n) is 8.09. The lowest BCUT2D eigenvalue weighted by molar-refractivity contribution is 0.0634. The highest BCUT2D eigenvalue weighted by Gasteiger charge is 2.26. The first kappa shape index (κ1) is 16.7. The molecule has 0 unspecified atom stereocenters. The Morgan fingerprint density at radius 3 is 2.91 bits per heavy atom. The number of carbonyl (C=O) groups excluding carboxylic acids is 1. The number of likely N-dealkylation sites (tertiary alicyclic amines) is 1. The van der Waals surface area contributed by atoms with Crippen molar-refractivity contribution in [2.45, 2.75) is 58.6 Å². The molecule has 2 rings (SSSR count). The Morgan fingerprint density at radius 2 is 2.23 bits per heavy atom. The monoisotopic (exact) mass is 305 g/mol. The Balaban J connectivity index is 2.17. The van der Waals surface area contributed by atoms with Gasteiger partial charge in [0, 0.05) is 17.8 Å². The molecule has 1 saturated heterocycles. The lowest BCUT2D eigenvalue weighted by atomic mass is 9.95. The molecule has 0 saturated carbocycles. The third kappa shape index (κ3) is 4.44. The first-order valence-corrected chi connectivity index (χ1v) is 8.09. The van der Waals surface area contributed by atoms with Crippen LogP contribution in [-0.4, -0.2) is 34.7 Å². The summed E-state index contributed by atoms with van der Waals surface area (Å²) in [6.45, 7) is 9.84. The summed E-state index contributed by atoms with van der Waals surface area (Å²) in [5.74, 6) is 0.613. The molecule has 0 aromatic carbocycles. The number of amides is 1. The normalized spacial score (nSPS) is 19.7. The second-order valence-electron chi connectivity index (χ2n) is 6.71. The van der Waals surface area contributed by atoms with Gasteiger partial charge in [0.25, 0.3) is 0 Å². The van der Waals surface area contributed by atoms with Crippen LogP contribution in [-0.2, 0) is 4.74 Å². The fraction of sp³-hybridized carbons (Fsp3) is 0.647. The third-order valence-corrected chi connectivity index (χ3v) is 3.84. The van der Waals surface area contributed by atoms with Gasteiger partial charge in [-0.3, -0.25) is 10.2 Å². The van der Waals surface area contributed by atoms with Gasteiger partial charge >= 0.3 is 6.09 Å². The van der Waals surface area contributed by atoms with E-state index in [9.17, 15) is 4.79 Å². The number of pyridine rings is 1. The van der Waals surface area contributed by atoms with Crippen LogP contribution in [0.4, 0.5) is 10.6 Å². The van der Waals surface area contributed by atoms with Crippen LogP contribution in [0.1, 0.15) is 58.6 Å². The Bertz CT molecular complexity index is 511. The summed E-state index contributed by atoms with van der Waals surface area (Å²) < 4.78 is 5.33. The van der Waals surface area contributed by atoms with E-state index in [4.69, 9.17) is 4.74 Å². The van der Waals surface area contributed by atoms with E-state index in [2.05, 4.69) is 28.2 Å². The van der Waals surface area contributed by atoms with Crippen molar-refractivity contribution >= 4 is 11.9 Å². The van der Waals surface area contributed by atoms with Gasteiger partial charge in [0.2, 0.25) is 0 Å². The van der Waals surface area contributed by atoms with Crippen LogP contribution >= 0.6 is 0 Å². The van der Waals surface area contributed by atoms with E-state index in [1.54, 1.807) is 6.20 Å². The van der Waals surface area contributed by atoms with Gasteiger partial charge in [-0.1, -0.05) is 19.4 Å². The van der Waals surface area contributed by atoms with Crippen LogP contribution in [0.15, 0.2) is 18.3 Å². The Hall–Kier alpha value is -1.62. The molecule has 0 spiro atoms. The van der Waals surface area contributed by atoms with Gasteiger partial charge < -0.3 is 4.74 Å². The highest BCUT2D eigenvalue weighted by molar-refractivity contribution is 5.84. The van der Waals surface area contributed by atoms with Crippen LogP contribution in [0.5, 0.6) is 0 Å². The van der Waals surface area contributed by atoms with Crippen LogP contribution in [0.25, 0.3) is 0 Å². The van der Waals surface area contributed by atoms with E-state index in [-0.39, 0.29) is 0 Å². The summed E-state index contributed by atoms with van der Waals surface area (Å²) in [5, 5.41) is 2.81. The highest BCUT2D eigenvalue weighted by Crippen LogP contribution is 2.33. The van der Waals surface area contributed by atoms with Crippen molar-refractivity contribution in [2.24, 2.45) is 0 Å². The Kier molecular flexibility index (Phi) is 5.40. The maximum atomic E-state index is 12.0. The molecule has 122 valence electrons. The van der Waals surface area contributed by atoms with E-state index in [1.807, 2.05) is 26.8 Å². The summed E-state index contributed by atoms with van der Waals surface area (Å²) in [5.41, 5.74) is 0.564. The predicted molar refractivity (Wildman–Crippen MR) is 87.9 cm³/mol. The fourth-order valence-electron chi connectivity index (χ4n) is 2.91. The molecule has 22 heavy (non-hydrogen) atoms. The zero-order chi connectivity index (χ0) is 16.2. The smallest absolute Gasteiger partial charge is 0.413 e. The van der Waals surface area contributed by atoms with Crippen LogP contribution in [0.3, 0.4) is 0 Å². The first-order chi connectivity index (χ1) is 10.4. The van der Waals surface area contributed by atoms with E-state index < -0.39 is 11.7 Å². The minimum absolute atomic E-state index is 0.317. The van der Waals surface area contributed by atoms with Gasteiger partial charge in [-0.15, -0.1) is 0 Å². The van der Waals surface area contributed by atoms with E-state index in [0.717, 1.165) is 25.1 Å². The van der Waals surface area contributed by atoms with Crippen LogP contribution in [0.2, 0.25) is 0 Å². The molecule has 1 aromatic rings. The van der Waals surface area contributed by atoms with Gasteiger partial charge in [-0.2, -0.15) is 0 Å². The van der Waals surface area contributed by atoms with Crippen molar-refractivity contribution in [3.63, 3.8) is 0 Å². The van der Waals surface area contributed by atoms with Crippen molar-refractivity contribution in [3.8, 4) is 0 Å². The molecule has 0 bridgehead atoms. The molecule has 0 aliphatic carbocycles. The molecule has 1 atom stereocenters. The second kappa shape index (κ2) is 7.09.